The maximum atomic E-state index is 15.3. The first-order valence-corrected chi connectivity index (χ1v) is 12.6. The van der Waals surface area contributed by atoms with Crippen molar-refractivity contribution in [3.63, 3.8) is 0 Å². The van der Waals surface area contributed by atoms with E-state index < -0.39 is 17.2 Å². The Balaban J connectivity index is 1.34. The zero-order chi connectivity index (χ0) is 26.2. The van der Waals surface area contributed by atoms with Crippen LogP contribution in [-0.2, 0) is 5.60 Å². The highest BCUT2D eigenvalue weighted by Gasteiger charge is 2.55. The standard InChI is InChI=1S/C30H24F2N4O2/c1-30(2,37)29-33-14-16(15-34-29)18-12-24-23(13-22(18)32)35-28-20-11-19(20)27(36(24)28)17-7-3-5-9-25(17)38-26-10-6-4-8-21(26)31/h3-10,12-15,19-20,27,37H,11H2,1-2H3/t19-,20+,27+/m1/s1. The van der Waals surface area contributed by atoms with Crippen molar-refractivity contribution in [3.8, 4) is 22.6 Å². The van der Waals surface area contributed by atoms with Crippen molar-refractivity contribution in [3.05, 3.63) is 102 Å². The summed E-state index contributed by atoms with van der Waals surface area (Å²) in [4.78, 5) is 13.3. The molecule has 2 aromatic heterocycles. The smallest absolute Gasteiger partial charge is 0.165 e. The first kappa shape index (κ1) is 23.0. The van der Waals surface area contributed by atoms with E-state index in [2.05, 4.69) is 14.5 Å². The molecular weight excluding hydrogens is 486 g/mol. The van der Waals surface area contributed by atoms with Crippen molar-refractivity contribution < 1.29 is 18.6 Å². The molecule has 7 rings (SSSR count). The van der Waals surface area contributed by atoms with Gasteiger partial charge in [0, 0.05) is 41.1 Å². The molecule has 38 heavy (non-hydrogen) atoms. The molecule has 3 aromatic carbocycles. The van der Waals surface area contributed by atoms with Gasteiger partial charge in [0.15, 0.2) is 17.4 Å². The molecule has 3 heterocycles. The summed E-state index contributed by atoms with van der Waals surface area (Å²) in [5.74, 6) is 1.73. The molecule has 2 aliphatic rings. The van der Waals surface area contributed by atoms with E-state index in [1.807, 2.05) is 24.3 Å². The van der Waals surface area contributed by atoms with Crippen LogP contribution in [-0.4, -0.2) is 24.6 Å². The molecule has 1 N–H and O–H groups in total. The number of hydrogen-bond acceptors (Lipinski definition) is 5. The second-order valence-electron chi connectivity index (χ2n) is 10.5. The number of fused-ring (bicyclic) bond motifs is 5. The van der Waals surface area contributed by atoms with Gasteiger partial charge in [0.2, 0.25) is 0 Å². The number of ether oxygens (including phenoxy) is 1. The van der Waals surface area contributed by atoms with Crippen molar-refractivity contribution in [2.45, 2.75) is 37.8 Å². The number of halogens is 2. The maximum absolute atomic E-state index is 15.3. The van der Waals surface area contributed by atoms with Gasteiger partial charge in [-0.25, -0.2) is 23.7 Å². The van der Waals surface area contributed by atoms with Crippen LogP contribution in [0.3, 0.4) is 0 Å². The third kappa shape index (κ3) is 3.59. The summed E-state index contributed by atoms with van der Waals surface area (Å²) in [6.07, 6.45) is 4.04. The van der Waals surface area contributed by atoms with E-state index in [0.29, 0.717) is 28.3 Å². The molecule has 0 saturated heterocycles. The van der Waals surface area contributed by atoms with Crippen LogP contribution in [0.1, 0.15) is 49.4 Å². The van der Waals surface area contributed by atoms with Crippen molar-refractivity contribution in [2.24, 2.45) is 5.92 Å². The summed E-state index contributed by atoms with van der Waals surface area (Å²) >= 11 is 0. The highest BCUT2D eigenvalue weighted by atomic mass is 19.1. The van der Waals surface area contributed by atoms with Crippen LogP contribution in [0.5, 0.6) is 11.5 Å². The third-order valence-electron chi connectivity index (χ3n) is 7.47. The molecule has 3 atom stereocenters. The quantitative estimate of drug-likeness (QED) is 0.292. The molecule has 1 fully saturated rings. The molecule has 1 saturated carbocycles. The summed E-state index contributed by atoms with van der Waals surface area (Å²) in [6, 6.07) is 17.2. The predicted octanol–water partition coefficient (Wildman–Crippen LogP) is 6.50. The van der Waals surface area contributed by atoms with Gasteiger partial charge in [-0.15, -0.1) is 0 Å². The van der Waals surface area contributed by atoms with Crippen LogP contribution in [0, 0.1) is 17.6 Å². The SMILES string of the molecule is CC(C)(O)c1ncc(-c2cc3c(cc2F)nc2n3[C@@H](c3ccccc3Oc3ccccc3F)[C@@H]3C[C@H]23)cn1. The Morgan fingerprint density at radius 1 is 0.947 bits per heavy atom. The fourth-order valence-corrected chi connectivity index (χ4v) is 5.58. The molecule has 1 aliphatic heterocycles. The van der Waals surface area contributed by atoms with E-state index >= 15 is 4.39 Å². The highest BCUT2D eigenvalue weighted by molar-refractivity contribution is 5.84. The summed E-state index contributed by atoms with van der Waals surface area (Å²) in [6.45, 7) is 3.20. The Hall–Kier alpha value is -4.17. The largest absolute Gasteiger partial charge is 0.454 e. The number of nitrogens with zero attached hydrogens (tertiary/aromatic N) is 4. The molecule has 0 radical (unpaired) electrons. The topological polar surface area (TPSA) is 73.1 Å². The Kier molecular flexibility index (Phi) is 4.94. The van der Waals surface area contributed by atoms with Gasteiger partial charge >= 0.3 is 0 Å². The second kappa shape index (κ2) is 8.16. The average Bonchev–Trinajstić information content (AvgIpc) is 3.50. The van der Waals surface area contributed by atoms with Gasteiger partial charge in [-0.1, -0.05) is 30.3 Å². The van der Waals surface area contributed by atoms with E-state index in [4.69, 9.17) is 9.72 Å². The van der Waals surface area contributed by atoms with Crippen LogP contribution in [0.15, 0.2) is 73.1 Å². The normalized spacial score (nSPS) is 19.9. The fourth-order valence-electron chi connectivity index (χ4n) is 5.58. The van der Waals surface area contributed by atoms with Crippen LogP contribution in [0.25, 0.3) is 22.2 Å². The number of aliphatic hydroxyl groups is 1. The lowest BCUT2D eigenvalue weighted by Gasteiger charge is -2.21. The molecule has 1 aliphatic carbocycles. The van der Waals surface area contributed by atoms with Crippen LogP contribution in [0.2, 0.25) is 0 Å². The van der Waals surface area contributed by atoms with Crippen LogP contribution < -0.4 is 4.74 Å². The first-order chi connectivity index (χ1) is 18.3. The van der Waals surface area contributed by atoms with Gasteiger partial charge < -0.3 is 14.4 Å². The van der Waals surface area contributed by atoms with E-state index in [9.17, 15) is 9.50 Å². The Morgan fingerprint density at radius 3 is 2.39 bits per heavy atom. The van der Waals surface area contributed by atoms with E-state index in [-0.39, 0.29) is 23.5 Å². The molecule has 0 bridgehead atoms. The van der Waals surface area contributed by atoms with E-state index in [1.54, 1.807) is 38.1 Å². The summed E-state index contributed by atoms with van der Waals surface area (Å²) in [5.41, 5.74) is 2.00. The fraction of sp³-hybridized carbons (Fsp3) is 0.233. The number of rotatable bonds is 5. The molecule has 5 aromatic rings. The molecule has 6 nitrogen and oxygen atoms in total. The van der Waals surface area contributed by atoms with Crippen molar-refractivity contribution in [1.82, 2.24) is 19.5 Å². The lowest BCUT2D eigenvalue weighted by Crippen LogP contribution is -2.19. The molecular formula is C30H24F2N4O2. The van der Waals surface area contributed by atoms with E-state index in [1.165, 1.54) is 24.5 Å². The summed E-state index contributed by atoms with van der Waals surface area (Å²) < 4.78 is 37.9. The van der Waals surface area contributed by atoms with E-state index in [0.717, 1.165) is 23.3 Å². The lowest BCUT2D eigenvalue weighted by molar-refractivity contribution is 0.0687. The molecule has 0 amide bonds. The lowest BCUT2D eigenvalue weighted by atomic mass is 10.0. The molecule has 0 spiro atoms. The van der Waals surface area contributed by atoms with Crippen LogP contribution in [0.4, 0.5) is 8.78 Å². The molecule has 8 heteroatoms. The van der Waals surface area contributed by atoms with Gasteiger partial charge in [-0.2, -0.15) is 0 Å². The van der Waals surface area contributed by atoms with Crippen molar-refractivity contribution in [2.75, 3.05) is 0 Å². The number of para-hydroxylation sites is 2. The zero-order valence-electron chi connectivity index (χ0n) is 20.8. The maximum Gasteiger partial charge on any atom is 0.165 e. The second-order valence-corrected chi connectivity index (χ2v) is 10.5. The van der Waals surface area contributed by atoms with Gasteiger partial charge in [0.05, 0.1) is 17.1 Å². The minimum absolute atomic E-state index is 0.0740. The molecule has 0 unspecified atom stereocenters. The predicted molar refractivity (Wildman–Crippen MR) is 138 cm³/mol. The monoisotopic (exact) mass is 510 g/mol. The summed E-state index contributed by atoms with van der Waals surface area (Å²) in [5, 5.41) is 10.2. The van der Waals surface area contributed by atoms with Gasteiger partial charge in [-0.3, -0.25) is 0 Å². The Morgan fingerprint density at radius 2 is 1.66 bits per heavy atom. The van der Waals surface area contributed by atoms with Gasteiger partial charge in [0.1, 0.15) is 23.0 Å². The number of aromatic nitrogens is 4. The van der Waals surface area contributed by atoms with Gasteiger partial charge in [-0.05, 0) is 50.5 Å². The highest BCUT2D eigenvalue weighted by Crippen LogP contribution is 2.63. The van der Waals surface area contributed by atoms with Crippen molar-refractivity contribution >= 4 is 11.0 Å². The number of hydrogen-bond donors (Lipinski definition) is 1. The van der Waals surface area contributed by atoms with Crippen molar-refractivity contribution in [1.29, 1.82) is 0 Å². The minimum Gasteiger partial charge on any atom is -0.454 e. The molecule has 190 valence electrons. The minimum atomic E-state index is -1.19. The third-order valence-corrected chi connectivity index (χ3v) is 7.47. The summed E-state index contributed by atoms with van der Waals surface area (Å²) in [7, 11) is 0. The first-order valence-electron chi connectivity index (χ1n) is 12.6. The van der Waals surface area contributed by atoms with Gasteiger partial charge in [0.25, 0.3) is 0 Å². The van der Waals surface area contributed by atoms with Crippen LogP contribution >= 0.6 is 0 Å². The number of imidazole rings is 1. The zero-order valence-corrected chi connectivity index (χ0v) is 20.8. The Labute approximate surface area is 217 Å². The number of benzene rings is 3. The Bertz CT molecular complexity index is 1710. The average molecular weight is 511 g/mol.